The number of carbonyl (C=O) groups is 1. The van der Waals surface area contributed by atoms with Crippen molar-refractivity contribution in [3.63, 3.8) is 0 Å². The van der Waals surface area contributed by atoms with Crippen LogP contribution in [-0.2, 0) is 9.53 Å². The molecule has 0 N–H and O–H groups in total. The summed E-state index contributed by atoms with van der Waals surface area (Å²) in [5, 5.41) is 0. The molecule has 1 saturated heterocycles. The minimum Gasteiger partial charge on any atom is -0.378 e. The molecular formula is C23H33NO2. The van der Waals surface area contributed by atoms with E-state index in [1.165, 1.54) is 31.4 Å². The molecule has 0 spiro atoms. The molecule has 4 aliphatic carbocycles. The van der Waals surface area contributed by atoms with E-state index in [-0.39, 0.29) is 5.41 Å². The van der Waals surface area contributed by atoms with E-state index in [9.17, 15) is 4.79 Å². The highest BCUT2D eigenvalue weighted by Gasteiger charge is 2.58. The number of rotatable bonds is 1. The largest absolute Gasteiger partial charge is 0.378 e. The van der Waals surface area contributed by atoms with Crippen molar-refractivity contribution in [2.45, 2.75) is 58.8 Å². The first kappa shape index (κ1) is 17.0. The van der Waals surface area contributed by atoms with E-state index in [4.69, 9.17) is 4.74 Å². The van der Waals surface area contributed by atoms with Gasteiger partial charge in [-0.15, -0.1) is 0 Å². The third kappa shape index (κ3) is 2.32. The third-order valence-corrected chi connectivity index (χ3v) is 8.87. The number of hydrogen-bond acceptors (Lipinski definition) is 3. The number of carbonyl (C=O) groups excluding carboxylic acids is 1. The summed E-state index contributed by atoms with van der Waals surface area (Å²) in [4.78, 5) is 15.1. The average molecular weight is 356 g/mol. The van der Waals surface area contributed by atoms with Crippen LogP contribution in [0.1, 0.15) is 58.8 Å². The SMILES string of the molecule is C[C@]12CCC(N3CCOCC3)=CC1=CC[C@@H]1[C@@H]2CC[C@]2(C)C(=O)CC[C@@H]12. The van der Waals surface area contributed by atoms with E-state index in [1.54, 1.807) is 5.57 Å². The van der Waals surface area contributed by atoms with Crippen molar-refractivity contribution < 1.29 is 9.53 Å². The number of ether oxygens (including phenoxy) is 1. The standard InChI is InChI=1S/C23H33NO2/c1-22-9-7-17(24-11-13-26-14-12-24)15-16(22)3-4-18-19-5-6-21(25)23(19,2)10-8-20(18)22/h3,15,18-20H,4-14H2,1-2H3/t18-,19-,20-,22-,23-/m0/s1. The lowest BCUT2D eigenvalue weighted by atomic mass is 9.49. The first-order valence-electron chi connectivity index (χ1n) is 10.8. The lowest BCUT2D eigenvalue weighted by Crippen LogP contribution is -2.49. The molecule has 0 radical (unpaired) electrons. The van der Waals surface area contributed by atoms with E-state index in [2.05, 4.69) is 30.9 Å². The number of hydrogen-bond donors (Lipinski definition) is 0. The lowest BCUT2D eigenvalue weighted by molar-refractivity contribution is -0.131. The number of ketones is 1. The quantitative estimate of drug-likeness (QED) is 0.700. The van der Waals surface area contributed by atoms with Crippen LogP contribution in [0, 0.1) is 28.6 Å². The summed E-state index contributed by atoms with van der Waals surface area (Å²) in [5.74, 6) is 2.69. The highest BCUT2D eigenvalue weighted by Crippen LogP contribution is 2.63. The van der Waals surface area contributed by atoms with Crippen molar-refractivity contribution in [2.24, 2.45) is 28.6 Å². The van der Waals surface area contributed by atoms with Gasteiger partial charge in [-0.25, -0.2) is 0 Å². The van der Waals surface area contributed by atoms with Gasteiger partial charge < -0.3 is 9.64 Å². The normalized spacial score (nSPS) is 45.4. The van der Waals surface area contributed by atoms with Crippen LogP contribution in [-0.4, -0.2) is 37.0 Å². The molecule has 142 valence electrons. The zero-order valence-corrected chi connectivity index (χ0v) is 16.4. The summed E-state index contributed by atoms with van der Waals surface area (Å²) in [7, 11) is 0. The van der Waals surface area contributed by atoms with Crippen LogP contribution >= 0.6 is 0 Å². The first-order valence-corrected chi connectivity index (χ1v) is 10.8. The van der Waals surface area contributed by atoms with Crippen LogP contribution < -0.4 is 0 Å². The van der Waals surface area contributed by atoms with Crippen molar-refractivity contribution in [1.29, 1.82) is 0 Å². The highest BCUT2D eigenvalue weighted by molar-refractivity contribution is 5.87. The summed E-state index contributed by atoms with van der Waals surface area (Å²) < 4.78 is 5.53. The molecule has 0 aromatic carbocycles. The van der Waals surface area contributed by atoms with Gasteiger partial charge >= 0.3 is 0 Å². The molecule has 0 amide bonds. The van der Waals surface area contributed by atoms with Gasteiger partial charge in [-0.1, -0.05) is 19.9 Å². The monoisotopic (exact) mass is 355 g/mol. The summed E-state index contributed by atoms with van der Waals surface area (Å²) in [5.41, 5.74) is 3.45. The van der Waals surface area contributed by atoms with Crippen molar-refractivity contribution >= 4 is 5.78 Å². The van der Waals surface area contributed by atoms with Gasteiger partial charge in [-0.2, -0.15) is 0 Å². The zero-order chi connectivity index (χ0) is 17.9. The number of nitrogens with zero attached hydrogens (tertiary/aromatic N) is 1. The number of Topliss-reactive ketones (excluding diaryl/α,β-unsaturated/α-hetero) is 1. The van der Waals surface area contributed by atoms with Gasteiger partial charge in [0.2, 0.25) is 0 Å². The Morgan fingerprint density at radius 2 is 1.81 bits per heavy atom. The van der Waals surface area contributed by atoms with Gasteiger partial charge in [-0.05, 0) is 73.3 Å². The van der Waals surface area contributed by atoms with Crippen molar-refractivity contribution in [3.8, 4) is 0 Å². The Morgan fingerprint density at radius 1 is 1.04 bits per heavy atom. The smallest absolute Gasteiger partial charge is 0.139 e. The van der Waals surface area contributed by atoms with Crippen LogP contribution in [0.15, 0.2) is 23.4 Å². The van der Waals surface area contributed by atoms with E-state index in [1.807, 2.05) is 0 Å². The fourth-order valence-corrected chi connectivity index (χ4v) is 7.18. The maximum atomic E-state index is 12.5. The van der Waals surface area contributed by atoms with E-state index >= 15 is 0 Å². The van der Waals surface area contributed by atoms with Crippen LogP contribution in [0.3, 0.4) is 0 Å². The number of morpholine rings is 1. The molecule has 5 rings (SSSR count). The summed E-state index contributed by atoms with van der Waals surface area (Å²) >= 11 is 0. The summed E-state index contributed by atoms with van der Waals surface area (Å²) in [6.45, 7) is 8.64. The van der Waals surface area contributed by atoms with E-state index in [0.717, 1.165) is 57.4 Å². The van der Waals surface area contributed by atoms with E-state index < -0.39 is 0 Å². The molecule has 0 aromatic heterocycles. The predicted molar refractivity (Wildman–Crippen MR) is 103 cm³/mol. The summed E-state index contributed by atoms with van der Waals surface area (Å²) in [6, 6.07) is 0. The molecule has 0 aromatic rings. The highest BCUT2D eigenvalue weighted by atomic mass is 16.5. The van der Waals surface area contributed by atoms with Gasteiger partial charge in [0.15, 0.2) is 0 Å². The van der Waals surface area contributed by atoms with Gasteiger partial charge in [0.25, 0.3) is 0 Å². The second-order valence-electron chi connectivity index (χ2n) is 9.84. The zero-order valence-electron chi connectivity index (χ0n) is 16.4. The Hall–Kier alpha value is -1.09. The molecule has 2 saturated carbocycles. The van der Waals surface area contributed by atoms with E-state index in [0.29, 0.717) is 17.1 Å². The molecule has 0 unspecified atom stereocenters. The van der Waals surface area contributed by atoms with Crippen LogP contribution in [0.25, 0.3) is 0 Å². The Kier molecular flexibility index (Phi) is 3.90. The molecule has 1 heterocycles. The molecule has 3 fully saturated rings. The Bertz CT molecular complexity index is 674. The molecule has 5 atom stereocenters. The Labute approximate surface area is 157 Å². The van der Waals surface area contributed by atoms with Gasteiger partial charge in [0.05, 0.1) is 13.2 Å². The molecule has 3 heteroatoms. The van der Waals surface area contributed by atoms with Crippen molar-refractivity contribution in [3.05, 3.63) is 23.4 Å². The van der Waals surface area contributed by atoms with Gasteiger partial charge in [-0.3, -0.25) is 4.79 Å². The minimum atomic E-state index is -0.00760. The molecular weight excluding hydrogens is 322 g/mol. The molecule has 0 bridgehead atoms. The topological polar surface area (TPSA) is 29.5 Å². The maximum Gasteiger partial charge on any atom is 0.139 e. The molecule has 26 heavy (non-hydrogen) atoms. The fourth-order valence-electron chi connectivity index (χ4n) is 7.18. The average Bonchev–Trinajstić information content (AvgIpc) is 2.97. The molecule has 1 aliphatic heterocycles. The maximum absolute atomic E-state index is 12.5. The third-order valence-electron chi connectivity index (χ3n) is 8.87. The fraction of sp³-hybridized carbons (Fsp3) is 0.783. The first-order chi connectivity index (χ1) is 12.5. The molecule has 3 nitrogen and oxygen atoms in total. The predicted octanol–water partition coefficient (Wildman–Crippen LogP) is 4.34. The van der Waals surface area contributed by atoms with Crippen LogP contribution in [0.2, 0.25) is 0 Å². The lowest BCUT2D eigenvalue weighted by Gasteiger charge is -2.56. The number of allylic oxidation sites excluding steroid dienone is 4. The van der Waals surface area contributed by atoms with Crippen molar-refractivity contribution in [1.82, 2.24) is 4.90 Å². The Morgan fingerprint density at radius 3 is 2.62 bits per heavy atom. The van der Waals surface area contributed by atoms with Crippen LogP contribution in [0.5, 0.6) is 0 Å². The number of fused-ring (bicyclic) bond motifs is 5. The second-order valence-corrected chi connectivity index (χ2v) is 9.84. The second kappa shape index (κ2) is 5.95. The minimum absolute atomic E-state index is 0.00760. The summed E-state index contributed by atoms with van der Waals surface area (Å²) in [6.07, 6.45) is 13.1. The van der Waals surface area contributed by atoms with Crippen molar-refractivity contribution in [2.75, 3.05) is 26.3 Å². The van der Waals surface area contributed by atoms with Crippen LogP contribution in [0.4, 0.5) is 0 Å². The molecule has 5 aliphatic rings. The van der Waals surface area contributed by atoms with Gasteiger partial charge in [0, 0.05) is 30.6 Å². The van der Waals surface area contributed by atoms with Gasteiger partial charge in [0.1, 0.15) is 5.78 Å². The Balaban J connectivity index is 1.44.